The van der Waals surface area contributed by atoms with Crippen molar-refractivity contribution in [1.29, 1.82) is 0 Å². The lowest BCUT2D eigenvalue weighted by molar-refractivity contribution is -0.546. The Kier molecular flexibility index (Phi) is 7.30. The predicted octanol–water partition coefficient (Wildman–Crippen LogP) is 5.24. The van der Waals surface area contributed by atoms with Crippen LogP contribution < -0.4 is 0 Å². The van der Waals surface area contributed by atoms with Gasteiger partial charge >= 0.3 is 11.7 Å². The van der Waals surface area contributed by atoms with Gasteiger partial charge in [0.2, 0.25) is 0 Å². The Balaban J connectivity index is 1.43. The summed E-state index contributed by atoms with van der Waals surface area (Å²) in [6.45, 7) is 7.79. The highest BCUT2D eigenvalue weighted by molar-refractivity contribution is 6.36. The van der Waals surface area contributed by atoms with Crippen LogP contribution in [-0.4, -0.2) is 56.8 Å². The average molecular weight is 501 g/mol. The first-order valence-electron chi connectivity index (χ1n) is 13.7. The number of hydrogen-bond acceptors (Lipinski definition) is 2. The standard InChI is InChI=1S/C34H36N4/c1-5-13-29(14-6-1)25-35-21-22-36(26-30-15-7-2-8-16-30)33(35)34-37(27-31-17-9-3-10-18-31)23-24-38(34)28-32-19-11-4-12-20-32/h1-20H,21-28H2/q+2. The van der Waals surface area contributed by atoms with Gasteiger partial charge in [0, 0.05) is 0 Å². The molecule has 2 aliphatic heterocycles. The third-order valence-corrected chi connectivity index (χ3v) is 7.54. The molecule has 4 aromatic rings. The van der Waals surface area contributed by atoms with Crippen molar-refractivity contribution in [2.45, 2.75) is 26.2 Å². The van der Waals surface area contributed by atoms with E-state index in [1.54, 1.807) is 0 Å². The van der Waals surface area contributed by atoms with Gasteiger partial charge in [-0.2, -0.15) is 0 Å². The average Bonchev–Trinajstić information content (AvgIpc) is 3.53. The summed E-state index contributed by atoms with van der Waals surface area (Å²) in [5.74, 6) is 2.73. The van der Waals surface area contributed by atoms with Gasteiger partial charge in [0.05, 0.1) is 0 Å². The Bertz CT molecular complexity index is 1290. The maximum Gasteiger partial charge on any atom is 0.363 e. The van der Waals surface area contributed by atoms with Crippen LogP contribution in [0.1, 0.15) is 22.3 Å². The zero-order valence-electron chi connectivity index (χ0n) is 22.0. The lowest BCUT2D eigenvalue weighted by atomic mass is 10.2. The fourth-order valence-electron chi connectivity index (χ4n) is 5.70. The molecule has 6 rings (SSSR count). The summed E-state index contributed by atoms with van der Waals surface area (Å²) in [6.07, 6.45) is 0. The highest BCUT2D eigenvalue weighted by Crippen LogP contribution is 2.19. The molecule has 0 atom stereocenters. The minimum absolute atomic E-state index is 0.920. The predicted molar refractivity (Wildman–Crippen MR) is 154 cm³/mol. The molecule has 0 amide bonds. The Hall–Kier alpha value is -4.18. The fraction of sp³-hybridized carbons (Fsp3) is 0.235. The molecular weight excluding hydrogens is 464 g/mol. The smallest absolute Gasteiger partial charge is 0.247 e. The van der Waals surface area contributed by atoms with Gasteiger partial charge in [-0.25, -0.2) is 19.0 Å². The van der Waals surface area contributed by atoms with Gasteiger partial charge in [0.15, 0.2) is 0 Å². The summed E-state index contributed by atoms with van der Waals surface area (Å²) in [6, 6.07) is 43.6. The quantitative estimate of drug-likeness (QED) is 0.292. The minimum atomic E-state index is 0.920. The first kappa shape index (κ1) is 24.2. The number of rotatable bonds is 9. The second-order valence-electron chi connectivity index (χ2n) is 10.3. The van der Waals surface area contributed by atoms with E-state index in [1.807, 2.05) is 0 Å². The molecule has 0 fully saturated rings. The van der Waals surface area contributed by atoms with Gasteiger partial charge in [0.1, 0.15) is 52.4 Å². The van der Waals surface area contributed by atoms with Crippen LogP contribution >= 0.6 is 0 Å². The highest BCUT2D eigenvalue weighted by Gasteiger charge is 2.46. The zero-order valence-corrected chi connectivity index (χ0v) is 22.0. The minimum Gasteiger partial charge on any atom is -0.247 e. The van der Waals surface area contributed by atoms with Gasteiger partial charge in [-0.3, -0.25) is 0 Å². The molecule has 190 valence electrons. The Morgan fingerprint density at radius 3 is 1.08 bits per heavy atom. The van der Waals surface area contributed by atoms with Crippen molar-refractivity contribution in [1.82, 2.24) is 9.80 Å². The lowest BCUT2D eigenvalue weighted by Gasteiger charge is -2.18. The van der Waals surface area contributed by atoms with E-state index in [0.29, 0.717) is 0 Å². The number of nitrogens with zero attached hydrogens (tertiary/aromatic N) is 4. The highest BCUT2D eigenvalue weighted by atomic mass is 15.4. The summed E-state index contributed by atoms with van der Waals surface area (Å²) in [7, 11) is 0. The lowest BCUT2D eigenvalue weighted by Crippen LogP contribution is -2.45. The summed E-state index contributed by atoms with van der Waals surface area (Å²) in [5.41, 5.74) is 5.42. The van der Waals surface area contributed by atoms with Crippen molar-refractivity contribution in [2.75, 3.05) is 26.2 Å². The number of hydrogen-bond donors (Lipinski definition) is 0. The van der Waals surface area contributed by atoms with Crippen LogP contribution in [0.3, 0.4) is 0 Å². The third kappa shape index (κ3) is 5.55. The molecule has 0 radical (unpaired) electrons. The van der Waals surface area contributed by atoms with E-state index < -0.39 is 0 Å². The largest absolute Gasteiger partial charge is 0.363 e. The molecule has 4 nitrogen and oxygen atoms in total. The second kappa shape index (κ2) is 11.5. The SMILES string of the molecule is c1ccc(CN2CC[N+](Cc3ccccc3)=C2C2=[N+](Cc3ccccc3)CCN2Cc2ccccc2)cc1. The van der Waals surface area contributed by atoms with Gasteiger partial charge in [0.25, 0.3) is 0 Å². The first-order chi connectivity index (χ1) is 18.8. The van der Waals surface area contributed by atoms with E-state index in [-0.39, 0.29) is 0 Å². The molecule has 38 heavy (non-hydrogen) atoms. The van der Waals surface area contributed by atoms with Crippen LogP contribution in [0.15, 0.2) is 121 Å². The maximum absolute atomic E-state index is 2.61. The van der Waals surface area contributed by atoms with Crippen molar-refractivity contribution in [3.63, 3.8) is 0 Å². The molecule has 0 aromatic heterocycles. The Labute approximate surface area is 226 Å². The van der Waals surface area contributed by atoms with E-state index in [4.69, 9.17) is 0 Å². The molecule has 0 saturated carbocycles. The zero-order chi connectivity index (χ0) is 25.6. The van der Waals surface area contributed by atoms with Crippen molar-refractivity contribution in [2.24, 2.45) is 0 Å². The Morgan fingerprint density at radius 2 is 0.737 bits per heavy atom. The molecule has 0 saturated heterocycles. The molecule has 4 aromatic carbocycles. The van der Waals surface area contributed by atoms with Crippen LogP contribution in [0.2, 0.25) is 0 Å². The van der Waals surface area contributed by atoms with Crippen LogP contribution in [0.5, 0.6) is 0 Å². The van der Waals surface area contributed by atoms with Crippen LogP contribution in [-0.2, 0) is 26.2 Å². The molecule has 0 spiro atoms. The number of amidine groups is 2. The van der Waals surface area contributed by atoms with Crippen molar-refractivity contribution in [3.05, 3.63) is 144 Å². The van der Waals surface area contributed by atoms with E-state index in [0.717, 1.165) is 52.4 Å². The summed E-state index contributed by atoms with van der Waals surface area (Å²) < 4.78 is 5.21. The topological polar surface area (TPSA) is 12.5 Å². The van der Waals surface area contributed by atoms with Gasteiger partial charge in [-0.05, 0) is 22.3 Å². The number of benzene rings is 4. The fourth-order valence-corrected chi connectivity index (χ4v) is 5.70. The summed E-state index contributed by atoms with van der Waals surface area (Å²) in [4.78, 5) is 5.21. The van der Waals surface area contributed by atoms with E-state index in [1.165, 1.54) is 33.9 Å². The molecule has 4 heteroatoms. The maximum atomic E-state index is 2.61. The van der Waals surface area contributed by atoms with Crippen molar-refractivity contribution in [3.8, 4) is 0 Å². The molecule has 0 unspecified atom stereocenters. The van der Waals surface area contributed by atoms with Crippen LogP contribution in [0, 0.1) is 0 Å². The van der Waals surface area contributed by atoms with Crippen LogP contribution in [0.4, 0.5) is 0 Å². The van der Waals surface area contributed by atoms with Gasteiger partial charge < -0.3 is 0 Å². The summed E-state index contributed by atoms with van der Waals surface area (Å²) in [5, 5.41) is 0. The van der Waals surface area contributed by atoms with E-state index in [9.17, 15) is 0 Å². The second-order valence-corrected chi connectivity index (χ2v) is 10.3. The van der Waals surface area contributed by atoms with Crippen molar-refractivity contribution >= 4 is 11.7 Å². The van der Waals surface area contributed by atoms with E-state index in [2.05, 4.69) is 140 Å². The van der Waals surface area contributed by atoms with E-state index >= 15 is 0 Å². The molecule has 2 aliphatic rings. The van der Waals surface area contributed by atoms with Crippen molar-refractivity contribution < 1.29 is 9.15 Å². The Morgan fingerprint density at radius 1 is 0.421 bits per heavy atom. The van der Waals surface area contributed by atoms with Gasteiger partial charge in [-0.15, -0.1) is 0 Å². The van der Waals surface area contributed by atoms with Crippen LogP contribution in [0.25, 0.3) is 0 Å². The summed E-state index contributed by atoms with van der Waals surface area (Å²) >= 11 is 0. The third-order valence-electron chi connectivity index (χ3n) is 7.54. The molecule has 0 bridgehead atoms. The molecule has 0 aliphatic carbocycles. The normalized spacial score (nSPS) is 15.6. The molecular formula is C34H36N4+2. The molecule has 2 heterocycles. The monoisotopic (exact) mass is 500 g/mol. The molecule has 0 N–H and O–H groups in total. The first-order valence-corrected chi connectivity index (χ1v) is 13.7. The van der Waals surface area contributed by atoms with Gasteiger partial charge in [-0.1, -0.05) is 121 Å².